The Hall–Kier alpha value is -1.44. The predicted octanol–water partition coefficient (Wildman–Crippen LogP) is 2.89. The van der Waals surface area contributed by atoms with Crippen molar-refractivity contribution in [2.75, 3.05) is 19.7 Å². The zero-order chi connectivity index (χ0) is 18.2. The van der Waals surface area contributed by atoms with E-state index in [1.165, 1.54) is 11.3 Å². The van der Waals surface area contributed by atoms with Gasteiger partial charge in [0, 0.05) is 30.6 Å². The number of ether oxygens (including phenoxy) is 1. The number of rotatable bonds is 7. The molecule has 6 nitrogen and oxygen atoms in total. The molecule has 1 atom stereocenters. The molecule has 1 aromatic rings. The van der Waals surface area contributed by atoms with Gasteiger partial charge in [0.25, 0.3) is 0 Å². The van der Waals surface area contributed by atoms with Crippen molar-refractivity contribution in [2.45, 2.75) is 63.6 Å². The van der Waals surface area contributed by atoms with Gasteiger partial charge in [-0.1, -0.05) is 25.3 Å². The summed E-state index contributed by atoms with van der Waals surface area (Å²) >= 11 is 1.68. The largest absolute Gasteiger partial charge is 0.377 e. The molecule has 0 aromatic carbocycles. The third-order valence-electron chi connectivity index (χ3n) is 5.01. The first-order valence-electron chi connectivity index (χ1n) is 9.66. The minimum atomic E-state index is -0.366. The summed E-state index contributed by atoms with van der Waals surface area (Å²) in [6.45, 7) is 2.42. The fourth-order valence-corrected chi connectivity index (χ4v) is 4.47. The third kappa shape index (κ3) is 6.37. The van der Waals surface area contributed by atoms with Crippen molar-refractivity contribution in [3.63, 3.8) is 0 Å². The number of urea groups is 1. The predicted molar refractivity (Wildman–Crippen MR) is 102 cm³/mol. The normalized spacial score (nSPS) is 21.0. The fourth-order valence-electron chi connectivity index (χ4n) is 3.72. The first kappa shape index (κ1) is 19.3. The van der Waals surface area contributed by atoms with Gasteiger partial charge in [0.15, 0.2) is 0 Å². The Bertz CT molecular complexity index is 567. The lowest BCUT2D eigenvalue weighted by atomic mass is 9.96. The van der Waals surface area contributed by atoms with E-state index < -0.39 is 0 Å². The first-order valence-corrected chi connectivity index (χ1v) is 10.5. The van der Waals surface area contributed by atoms with Crippen LogP contribution in [0, 0.1) is 0 Å². The second kappa shape index (κ2) is 10.0. The van der Waals surface area contributed by atoms with Gasteiger partial charge in [0.2, 0.25) is 5.91 Å². The molecule has 0 bridgehead atoms. The second-order valence-corrected chi connectivity index (χ2v) is 8.27. The van der Waals surface area contributed by atoms with E-state index in [4.69, 9.17) is 4.74 Å². The van der Waals surface area contributed by atoms with Gasteiger partial charge in [-0.25, -0.2) is 4.79 Å². The summed E-state index contributed by atoms with van der Waals surface area (Å²) in [7, 11) is 0. The number of carbonyl (C=O) groups excluding carboxylic acids is 2. The van der Waals surface area contributed by atoms with Crippen LogP contribution in [0.2, 0.25) is 0 Å². The number of hydrogen-bond acceptors (Lipinski definition) is 5. The number of imide groups is 1. The van der Waals surface area contributed by atoms with Crippen molar-refractivity contribution in [1.82, 2.24) is 15.5 Å². The van der Waals surface area contributed by atoms with Crippen molar-refractivity contribution in [3.05, 3.63) is 22.4 Å². The third-order valence-corrected chi connectivity index (χ3v) is 5.87. The summed E-state index contributed by atoms with van der Waals surface area (Å²) in [6.07, 6.45) is 7.83. The summed E-state index contributed by atoms with van der Waals surface area (Å²) in [5.74, 6) is -0.257. The molecule has 144 valence electrons. The minimum Gasteiger partial charge on any atom is -0.377 e. The van der Waals surface area contributed by atoms with Gasteiger partial charge in [0.1, 0.15) is 0 Å². The quantitative estimate of drug-likeness (QED) is 0.764. The standard InChI is InChI=1S/C19H29N3O3S/c23-18(21-19(24)20-15-6-2-1-3-7-15)14-22(12-16-8-4-10-25-16)13-17-9-5-11-26-17/h5,9,11,15-16H,1-4,6-8,10,12-14H2,(H2,20,21,23,24)/t16-/m1/s1. The summed E-state index contributed by atoms with van der Waals surface area (Å²) in [6, 6.07) is 3.92. The van der Waals surface area contributed by atoms with Crippen LogP contribution in [0.4, 0.5) is 4.79 Å². The van der Waals surface area contributed by atoms with Crippen molar-refractivity contribution < 1.29 is 14.3 Å². The number of nitrogens with zero attached hydrogens (tertiary/aromatic N) is 1. The van der Waals surface area contributed by atoms with E-state index >= 15 is 0 Å². The molecule has 2 aliphatic rings. The summed E-state index contributed by atoms with van der Waals surface area (Å²) in [5.41, 5.74) is 0. The number of hydrogen-bond donors (Lipinski definition) is 2. The van der Waals surface area contributed by atoms with Gasteiger partial charge in [-0.15, -0.1) is 11.3 Å². The van der Waals surface area contributed by atoms with Crippen LogP contribution >= 0.6 is 11.3 Å². The lowest BCUT2D eigenvalue weighted by molar-refractivity contribution is -0.121. The molecule has 1 aromatic heterocycles. The van der Waals surface area contributed by atoms with Crippen LogP contribution in [0.15, 0.2) is 17.5 Å². The SMILES string of the molecule is O=C(CN(Cc1cccs1)C[C@H]1CCCO1)NC(=O)NC1CCCCC1. The summed E-state index contributed by atoms with van der Waals surface area (Å²) in [5, 5.41) is 7.46. The molecule has 0 unspecified atom stereocenters. The van der Waals surface area contributed by atoms with Gasteiger partial charge >= 0.3 is 6.03 Å². The van der Waals surface area contributed by atoms with Gasteiger partial charge in [-0.3, -0.25) is 15.0 Å². The van der Waals surface area contributed by atoms with E-state index in [1.807, 2.05) is 11.4 Å². The highest BCUT2D eigenvalue weighted by Gasteiger charge is 2.22. The molecule has 3 amide bonds. The molecular formula is C19H29N3O3S. The Morgan fingerprint density at radius 1 is 1.19 bits per heavy atom. The van der Waals surface area contributed by atoms with Crippen LogP contribution in [0.25, 0.3) is 0 Å². The van der Waals surface area contributed by atoms with Crippen molar-refractivity contribution in [3.8, 4) is 0 Å². The van der Waals surface area contributed by atoms with Crippen LogP contribution in [0.1, 0.15) is 49.8 Å². The maximum Gasteiger partial charge on any atom is 0.321 e. The Labute approximate surface area is 159 Å². The molecular weight excluding hydrogens is 350 g/mol. The molecule has 2 fully saturated rings. The minimum absolute atomic E-state index is 0.179. The molecule has 0 radical (unpaired) electrons. The second-order valence-electron chi connectivity index (χ2n) is 7.24. The molecule has 2 N–H and O–H groups in total. The van der Waals surface area contributed by atoms with E-state index in [0.717, 1.165) is 51.7 Å². The Morgan fingerprint density at radius 3 is 2.73 bits per heavy atom. The van der Waals surface area contributed by atoms with Crippen LogP contribution in [0.5, 0.6) is 0 Å². The number of thiophene rings is 1. The van der Waals surface area contributed by atoms with E-state index in [1.54, 1.807) is 11.3 Å². The molecule has 3 rings (SSSR count). The Kier molecular flexibility index (Phi) is 7.46. The molecule has 1 saturated carbocycles. The average molecular weight is 380 g/mol. The van der Waals surface area contributed by atoms with E-state index in [0.29, 0.717) is 6.54 Å². The van der Waals surface area contributed by atoms with Crippen LogP contribution in [-0.4, -0.2) is 48.7 Å². The molecule has 1 aliphatic heterocycles. The van der Waals surface area contributed by atoms with E-state index in [2.05, 4.69) is 21.6 Å². The van der Waals surface area contributed by atoms with Crippen molar-refractivity contribution >= 4 is 23.3 Å². The Balaban J connectivity index is 1.47. The monoisotopic (exact) mass is 379 g/mol. The maximum atomic E-state index is 12.4. The van der Waals surface area contributed by atoms with Crippen molar-refractivity contribution in [2.24, 2.45) is 0 Å². The molecule has 1 saturated heterocycles. The van der Waals surface area contributed by atoms with Gasteiger partial charge in [-0.2, -0.15) is 0 Å². The lowest BCUT2D eigenvalue weighted by Crippen LogP contribution is -2.48. The van der Waals surface area contributed by atoms with Crippen molar-refractivity contribution in [1.29, 1.82) is 0 Å². The highest BCUT2D eigenvalue weighted by molar-refractivity contribution is 7.09. The number of carbonyl (C=O) groups is 2. The molecule has 7 heteroatoms. The van der Waals surface area contributed by atoms with Crippen LogP contribution in [-0.2, 0) is 16.1 Å². The zero-order valence-electron chi connectivity index (χ0n) is 15.2. The Morgan fingerprint density at radius 2 is 2.04 bits per heavy atom. The highest BCUT2D eigenvalue weighted by Crippen LogP contribution is 2.18. The lowest BCUT2D eigenvalue weighted by Gasteiger charge is -2.25. The number of nitrogens with one attached hydrogen (secondary N) is 2. The molecule has 0 spiro atoms. The summed E-state index contributed by atoms with van der Waals surface area (Å²) in [4.78, 5) is 27.7. The van der Waals surface area contributed by atoms with Crippen LogP contribution in [0.3, 0.4) is 0 Å². The number of amides is 3. The van der Waals surface area contributed by atoms with Gasteiger partial charge in [-0.05, 0) is 37.1 Å². The maximum absolute atomic E-state index is 12.4. The van der Waals surface area contributed by atoms with Crippen LogP contribution < -0.4 is 10.6 Å². The fraction of sp³-hybridized carbons (Fsp3) is 0.684. The first-order chi connectivity index (χ1) is 12.7. The highest BCUT2D eigenvalue weighted by atomic mass is 32.1. The average Bonchev–Trinajstić information content (AvgIpc) is 3.29. The van der Waals surface area contributed by atoms with E-state index in [-0.39, 0.29) is 30.6 Å². The topological polar surface area (TPSA) is 70.7 Å². The zero-order valence-corrected chi connectivity index (χ0v) is 16.1. The van der Waals surface area contributed by atoms with Gasteiger partial charge in [0.05, 0.1) is 12.6 Å². The van der Waals surface area contributed by atoms with Gasteiger partial charge < -0.3 is 10.1 Å². The van der Waals surface area contributed by atoms with E-state index in [9.17, 15) is 9.59 Å². The molecule has 2 heterocycles. The molecule has 26 heavy (non-hydrogen) atoms. The summed E-state index contributed by atoms with van der Waals surface area (Å²) < 4.78 is 5.72. The molecule has 1 aliphatic carbocycles. The smallest absolute Gasteiger partial charge is 0.321 e.